The highest BCUT2D eigenvalue weighted by Crippen LogP contribution is 2.04. The number of nitrogens with zero attached hydrogens (tertiary/aromatic N) is 1. The molecule has 0 saturated carbocycles. The van der Waals surface area contributed by atoms with E-state index in [1.165, 1.54) is 0 Å². The third kappa shape index (κ3) is 1.93. The predicted octanol–water partition coefficient (Wildman–Crippen LogP) is 0.217. The van der Waals surface area contributed by atoms with Crippen molar-refractivity contribution in [2.24, 2.45) is 0 Å². The fourth-order valence-electron chi connectivity index (χ4n) is 1.38. The van der Waals surface area contributed by atoms with Crippen molar-refractivity contribution in [3.05, 3.63) is 0 Å². The van der Waals surface area contributed by atoms with Crippen LogP contribution >= 0.6 is 0 Å². The van der Waals surface area contributed by atoms with E-state index in [-0.39, 0.29) is 11.9 Å². The molecule has 1 rings (SSSR count). The topological polar surface area (TPSA) is 32.3 Å². The van der Waals surface area contributed by atoms with Crippen LogP contribution in [0.5, 0.6) is 0 Å². The van der Waals surface area contributed by atoms with Gasteiger partial charge >= 0.3 is 0 Å². The Hall–Kier alpha value is -0.570. The average molecular weight is 156 g/mol. The maximum absolute atomic E-state index is 11.4. The van der Waals surface area contributed by atoms with Crippen molar-refractivity contribution in [2.45, 2.75) is 25.8 Å². The summed E-state index contributed by atoms with van der Waals surface area (Å²) in [4.78, 5) is 13.2. The van der Waals surface area contributed by atoms with Gasteiger partial charge in [0.1, 0.15) is 0 Å². The van der Waals surface area contributed by atoms with Gasteiger partial charge in [-0.2, -0.15) is 0 Å². The molecule has 1 aliphatic rings. The normalized spacial score (nSPS) is 25.8. The van der Waals surface area contributed by atoms with Gasteiger partial charge in [0, 0.05) is 20.1 Å². The molecule has 0 aliphatic carbocycles. The van der Waals surface area contributed by atoms with Gasteiger partial charge in [0.15, 0.2) is 0 Å². The largest absolute Gasteiger partial charge is 0.343 e. The fourth-order valence-corrected chi connectivity index (χ4v) is 1.38. The minimum Gasteiger partial charge on any atom is -0.343 e. The fraction of sp³-hybridized carbons (Fsp3) is 0.875. The molecule has 1 amide bonds. The predicted molar refractivity (Wildman–Crippen MR) is 44.3 cm³/mol. The lowest BCUT2D eigenvalue weighted by atomic mass is 10.1. The van der Waals surface area contributed by atoms with Crippen molar-refractivity contribution < 1.29 is 4.79 Å². The summed E-state index contributed by atoms with van der Waals surface area (Å²) in [6.45, 7) is 3.88. The maximum Gasteiger partial charge on any atom is 0.239 e. The van der Waals surface area contributed by atoms with Crippen molar-refractivity contribution in [3.8, 4) is 0 Å². The molecule has 1 saturated heterocycles. The molecule has 0 aromatic heterocycles. The smallest absolute Gasteiger partial charge is 0.239 e. The Morgan fingerprint density at radius 2 is 2.45 bits per heavy atom. The Balaban J connectivity index is 2.44. The summed E-state index contributed by atoms with van der Waals surface area (Å²) in [7, 11) is 1.87. The Bertz CT molecular complexity index is 145. The van der Waals surface area contributed by atoms with E-state index < -0.39 is 0 Å². The summed E-state index contributed by atoms with van der Waals surface area (Å²) < 4.78 is 0. The number of carbonyl (C=O) groups excluding carboxylic acids is 1. The SMILES string of the molecule is CCCC1NCCN(C)C1=O. The molecule has 1 heterocycles. The number of rotatable bonds is 2. The lowest BCUT2D eigenvalue weighted by molar-refractivity contribution is -0.134. The standard InChI is InChI=1S/C8H16N2O/c1-3-4-7-8(11)10(2)6-5-9-7/h7,9H,3-6H2,1-2H3. The first-order valence-corrected chi connectivity index (χ1v) is 4.24. The molecule has 64 valence electrons. The number of carbonyl (C=O) groups is 1. The molecule has 0 aromatic rings. The van der Waals surface area contributed by atoms with Crippen LogP contribution in [0, 0.1) is 0 Å². The molecule has 0 bridgehead atoms. The van der Waals surface area contributed by atoms with Gasteiger partial charge in [-0.3, -0.25) is 4.79 Å². The molecule has 1 unspecified atom stereocenters. The number of hydrogen-bond donors (Lipinski definition) is 1. The highest BCUT2D eigenvalue weighted by molar-refractivity contribution is 5.82. The Morgan fingerprint density at radius 3 is 3.09 bits per heavy atom. The van der Waals surface area contributed by atoms with Gasteiger partial charge < -0.3 is 10.2 Å². The highest BCUT2D eigenvalue weighted by atomic mass is 16.2. The molecule has 11 heavy (non-hydrogen) atoms. The zero-order valence-electron chi connectivity index (χ0n) is 7.26. The second-order valence-corrected chi connectivity index (χ2v) is 3.06. The van der Waals surface area contributed by atoms with Gasteiger partial charge in [-0.15, -0.1) is 0 Å². The van der Waals surface area contributed by atoms with Crippen LogP contribution < -0.4 is 5.32 Å². The number of nitrogens with one attached hydrogen (secondary N) is 1. The second-order valence-electron chi connectivity index (χ2n) is 3.06. The van der Waals surface area contributed by atoms with E-state index in [1.807, 2.05) is 7.05 Å². The summed E-state index contributed by atoms with van der Waals surface area (Å²) >= 11 is 0. The summed E-state index contributed by atoms with van der Waals surface area (Å²) in [5.41, 5.74) is 0. The van der Waals surface area contributed by atoms with Crippen LogP contribution in [0.25, 0.3) is 0 Å². The maximum atomic E-state index is 11.4. The summed E-state index contributed by atoms with van der Waals surface area (Å²) in [5, 5.41) is 3.21. The van der Waals surface area contributed by atoms with E-state index in [2.05, 4.69) is 12.2 Å². The van der Waals surface area contributed by atoms with Crippen LogP contribution in [0.2, 0.25) is 0 Å². The van der Waals surface area contributed by atoms with Crippen LogP contribution in [-0.2, 0) is 4.79 Å². The molecule has 1 aliphatic heterocycles. The van der Waals surface area contributed by atoms with Crippen molar-refractivity contribution >= 4 is 5.91 Å². The number of piperazine rings is 1. The third-order valence-electron chi connectivity index (χ3n) is 2.09. The minimum atomic E-state index is 0.0822. The second kappa shape index (κ2) is 3.72. The molecule has 0 spiro atoms. The zero-order valence-corrected chi connectivity index (χ0v) is 7.26. The van der Waals surface area contributed by atoms with Gasteiger partial charge in [0.05, 0.1) is 6.04 Å². The first kappa shape index (κ1) is 8.53. The first-order chi connectivity index (χ1) is 5.25. The van der Waals surface area contributed by atoms with Crippen LogP contribution in [-0.4, -0.2) is 37.0 Å². The van der Waals surface area contributed by atoms with Gasteiger partial charge in [-0.05, 0) is 6.42 Å². The van der Waals surface area contributed by atoms with Gasteiger partial charge in [-0.1, -0.05) is 13.3 Å². The lowest BCUT2D eigenvalue weighted by Gasteiger charge is -2.30. The third-order valence-corrected chi connectivity index (χ3v) is 2.09. The molecular formula is C8H16N2O. The van der Waals surface area contributed by atoms with Crippen LogP contribution in [0.4, 0.5) is 0 Å². The van der Waals surface area contributed by atoms with Crippen LogP contribution in [0.1, 0.15) is 19.8 Å². The van der Waals surface area contributed by atoms with Crippen molar-refractivity contribution in [2.75, 3.05) is 20.1 Å². The molecule has 0 radical (unpaired) electrons. The summed E-state index contributed by atoms with van der Waals surface area (Å²) in [6, 6.07) is 0.0822. The molecule has 0 aromatic carbocycles. The van der Waals surface area contributed by atoms with E-state index in [4.69, 9.17) is 0 Å². The van der Waals surface area contributed by atoms with Crippen LogP contribution in [0.3, 0.4) is 0 Å². The van der Waals surface area contributed by atoms with Gasteiger partial charge in [-0.25, -0.2) is 0 Å². The number of amides is 1. The van der Waals surface area contributed by atoms with E-state index in [0.29, 0.717) is 0 Å². The van der Waals surface area contributed by atoms with Crippen molar-refractivity contribution in [3.63, 3.8) is 0 Å². The zero-order chi connectivity index (χ0) is 8.27. The average Bonchev–Trinajstić information content (AvgIpc) is 1.99. The van der Waals surface area contributed by atoms with E-state index in [9.17, 15) is 4.79 Å². The van der Waals surface area contributed by atoms with Crippen molar-refractivity contribution in [1.29, 1.82) is 0 Å². The van der Waals surface area contributed by atoms with Gasteiger partial charge in [0.25, 0.3) is 0 Å². The molecule has 3 heteroatoms. The van der Waals surface area contributed by atoms with Crippen LogP contribution in [0.15, 0.2) is 0 Å². The number of hydrogen-bond acceptors (Lipinski definition) is 2. The van der Waals surface area contributed by atoms with Gasteiger partial charge in [0.2, 0.25) is 5.91 Å². The first-order valence-electron chi connectivity index (χ1n) is 4.24. The monoisotopic (exact) mass is 156 g/mol. The highest BCUT2D eigenvalue weighted by Gasteiger charge is 2.24. The quantitative estimate of drug-likeness (QED) is 0.620. The molecular weight excluding hydrogens is 140 g/mol. The summed E-state index contributed by atoms with van der Waals surface area (Å²) in [6.07, 6.45) is 2.03. The number of likely N-dealkylation sites (N-methyl/N-ethyl adjacent to an activating group) is 1. The lowest BCUT2D eigenvalue weighted by Crippen LogP contribution is -2.53. The molecule has 3 nitrogen and oxygen atoms in total. The molecule has 1 fully saturated rings. The Morgan fingerprint density at radius 1 is 1.73 bits per heavy atom. The summed E-state index contributed by atoms with van der Waals surface area (Å²) in [5.74, 6) is 0.248. The van der Waals surface area contributed by atoms with E-state index in [0.717, 1.165) is 25.9 Å². The van der Waals surface area contributed by atoms with Crippen molar-refractivity contribution in [1.82, 2.24) is 10.2 Å². The van der Waals surface area contributed by atoms with E-state index >= 15 is 0 Å². The van der Waals surface area contributed by atoms with E-state index in [1.54, 1.807) is 4.90 Å². The minimum absolute atomic E-state index is 0.0822. The molecule has 1 atom stereocenters. The Kier molecular flexibility index (Phi) is 2.88. The Labute approximate surface area is 67.8 Å². The molecule has 1 N–H and O–H groups in total.